The van der Waals surface area contributed by atoms with Crippen molar-refractivity contribution in [3.05, 3.63) is 137 Å². The molecule has 2 amide bonds. The smallest absolute Gasteiger partial charge is 0.319 e. The van der Waals surface area contributed by atoms with Crippen molar-refractivity contribution in [1.82, 2.24) is 10.2 Å². The topological polar surface area (TPSA) is 83.1 Å². The number of nitrogens with zero attached hydrogens (tertiary/aromatic N) is 1. The van der Waals surface area contributed by atoms with Crippen LogP contribution in [-0.2, 0) is 22.6 Å². The van der Waals surface area contributed by atoms with E-state index < -0.39 is 6.29 Å². The van der Waals surface area contributed by atoms with E-state index in [1.54, 1.807) is 0 Å². The second-order valence-corrected chi connectivity index (χ2v) is 11.3. The first-order chi connectivity index (χ1) is 20.9. The van der Waals surface area contributed by atoms with Crippen LogP contribution in [0.1, 0.15) is 60.1 Å². The zero-order chi connectivity index (χ0) is 30.2. The molecule has 3 N–H and O–H groups in total. The molecule has 5 atom stereocenters. The Bertz CT molecular complexity index is 1430. The number of aliphatic hydroxyl groups excluding tert-OH is 1. The first-order valence-electron chi connectivity index (χ1n) is 14.9. The van der Waals surface area contributed by atoms with E-state index in [1.807, 2.05) is 84.9 Å². The lowest BCUT2D eigenvalue weighted by molar-refractivity contribution is -0.276. The Hall–Kier alpha value is -4.01. The Morgan fingerprint density at radius 1 is 0.837 bits per heavy atom. The van der Waals surface area contributed by atoms with Crippen molar-refractivity contribution in [3.8, 4) is 0 Å². The molecule has 1 saturated heterocycles. The number of carbonyl (C=O) groups is 1. The van der Waals surface area contributed by atoms with Crippen LogP contribution in [0.3, 0.4) is 0 Å². The molecule has 1 aliphatic heterocycles. The van der Waals surface area contributed by atoms with Gasteiger partial charge in [-0.3, -0.25) is 4.90 Å². The second kappa shape index (κ2) is 14.4. The lowest BCUT2D eigenvalue weighted by atomic mass is 9.89. The van der Waals surface area contributed by atoms with Gasteiger partial charge >= 0.3 is 6.03 Å². The van der Waals surface area contributed by atoms with Gasteiger partial charge in [-0.05, 0) is 48.4 Å². The summed E-state index contributed by atoms with van der Waals surface area (Å²) in [6, 6.07) is 35.8. The number of hydrogen-bond acceptors (Lipinski definition) is 5. The van der Waals surface area contributed by atoms with Crippen molar-refractivity contribution in [2.24, 2.45) is 5.92 Å². The molecule has 0 aromatic heterocycles. The first kappa shape index (κ1) is 30.4. The van der Waals surface area contributed by atoms with Crippen LogP contribution in [0.5, 0.6) is 0 Å². The number of amides is 2. The maximum absolute atomic E-state index is 12.5. The van der Waals surface area contributed by atoms with Crippen LogP contribution in [-0.4, -0.2) is 35.7 Å². The quantitative estimate of drug-likeness (QED) is 0.189. The summed E-state index contributed by atoms with van der Waals surface area (Å²) < 4.78 is 13.2. The summed E-state index contributed by atoms with van der Waals surface area (Å²) in [6.45, 7) is 5.56. The Morgan fingerprint density at radius 3 is 2.12 bits per heavy atom. The molecule has 1 fully saturated rings. The maximum atomic E-state index is 12.5. The normalized spacial score (nSPS) is 20.9. The third-order valence-electron chi connectivity index (χ3n) is 8.27. The van der Waals surface area contributed by atoms with Crippen molar-refractivity contribution in [2.75, 3.05) is 18.9 Å². The number of hydrogen-bond donors (Lipinski definition) is 3. The van der Waals surface area contributed by atoms with Crippen LogP contribution in [0.2, 0.25) is 0 Å². The van der Waals surface area contributed by atoms with E-state index in [0.29, 0.717) is 12.2 Å². The van der Waals surface area contributed by atoms with Crippen LogP contribution in [0, 0.1) is 5.92 Å². The van der Waals surface area contributed by atoms with Crippen molar-refractivity contribution in [2.45, 2.75) is 51.5 Å². The molecule has 224 valence electrons. The molecule has 0 unspecified atom stereocenters. The molecule has 7 nitrogen and oxygen atoms in total. The number of rotatable bonds is 10. The number of urea groups is 1. The van der Waals surface area contributed by atoms with Gasteiger partial charge in [0.1, 0.15) is 0 Å². The molecule has 1 aliphatic rings. The predicted molar refractivity (Wildman–Crippen MR) is 169 cm³/mol. The van der Waals surface area contributed by atoms with Crippen molar-refractivity contribution >= 4 is 11.7 Å². The molecule has 4 aromatic carbocycles. The number of aliphatic hydroxyl groups is 1. The minimum Gasteiger partial charge on any atom is -0.392 e. The molecule has 0 bridgehead atoms. The highest BCUT2D eigenvalue weighted by Gasteiger charge is 2.39. The lowest BCUT2D eigenvalue weighted by Crippen LogP contribution is -2.44. The number of ether oxygens (including phenoxy) is 2. The van der Waals surface area contributed by atoms with Gasteiger partial charge in [-0.1, -0.05) is 104 Å². The molecular weight excluding hydrogens is 538 g/mol. The summed E-state index contributed by atoms with van der Waals surface area (Å²) in [4.78, 5) is 14.8. The van der Waals surface area contributed by atoms with Crippen LogP contribution < -0.4 is 10.6 Å². The number of carbonyl (C=O) groups excluding carboxylic acids is 1. The number of anilines is 1. The van der Waals surface area contributed by atoms with Gasteiger partial charge in [0.25, 0.3) is 0 Å². The summed E-state index contributed by atoms with van der Waals surface area (Å²) in [7, 11) is 2.13. The average molecular weight is 580 g/mol. The predicted octanol–water partition coefficient (Wildman–Crippen LogP) is 6.99. The molecular formula is C36H41N3O4. The van der Waals surface area contributed by atoms with Crippen LogP contribution in [0.15, 0.2) is 109 Å². The Morgan fingerprint density at radius 2 is 1.47 bits per heavy atom. The maximum Gasteiger partial charge on any atom is 0.319 e. The molecule has 43 heavy (non-hydrogen) atoms. The lowest BCUT2D eigenvalue weighted by Gasteiger charge is -2.43. The summed E-state index contributed by atoms with van der Waals surface area (Å²) in [6.07, 6.45) is -0.873. The van der Waals surface area contributed by atoms with E-state index in [-0.39, 0.29) is 36.8 Å². The molecule has 4 aromatic rings. The third kappa shape index (κ3) is 7.89. The van der Waals surface area contributed by atoms with E-state index in [2.05, 4.69) is 60.7 Å². The van der Waals surface area contributed by atoms with Gasteiger partial charge in [0.15, 0.2) is 6.29 Å². The first-order valence-corrected chi connectivity index (χ1v) is 14.9. The van der Waals surface area contributed by atoms with Crippen molar-refractivity contribution in [1.29, 1.82) is 0 Å². The molecule has 7 heteroatoms. The van der Waals surface area contributed by atoms with Gasteiger partial charge in [-0.15, -0.1) is 0 Å². The molecule has 0 saturated carbocycles. The van der Waals surface area contributed by atoms with E-state index in [0.717, 1.165) is 28.8 Å². The van der Waals surface area contributed by atoms with Gasteiger partial charge in [-0.2, -0.15) is 0 Å². The van der Waals surface area contributed by atoms with Gasteiger partial charge in [-0.25, -0.2) is 4.79 Å². The highest BCUT2D eigenvalue weighted by atomic mass is 16.7. The van der Waals surface area contributed by atoms with Crippen molar-refractivity contribution < 1.29 is 19.4 Å². The number of likely N-dealkylation sites (N-methyl/N-ethyl adjacent to an activating group) is 1. The molecule has 0 radical (unpaired) electrons. The van der Waals surface area contributed by atoms with E-state index in [9.17, 15) is 9.90 Å². The van der Waals surface area contributed by atoms with Crippen molar-refractivity contribution in [3.63, 3.8) is 0 Å². The second-order valence-electron chi connectivity index (χ2n) is 11.3. The van der Waals surface area contributed by atoms with Gasteiger partial charge in [0, 0.05) is 36.3 Å². The van der Waals surface area contributed by atoms with Gasteiger partial charge in [0.2, 0.25) is 0 Å². The largest absolute Gasteiger partial charge is 0.392 e. The molecule has 0 spiro atoms. The highest BCUT2D eigenvalue weighted by Crippen LogP contribution is 2.42. The molecule has 0 aliphatic carbocycles. The van der Waals surface area contributed by atoms with Crippen LogP contribution >= 0.6 is 0 Å². The van der Waals surface area contributed by atoms with E-state index in [4.69, 9.17) is 9.47 Å². The van der Waals surface area contributed by atoms with E-state index in [1.165, 1.54) is 5.56 Å². The highest BCUT2D eigenvalue weighted by molar-refractivity contribution is 5.89. The SMILES string of the molecule is C[C@@H]1[C@H](CN(C)[C@@H](C)c2ccccc2)O[C@H](c2ccc(NC(=O)NCc3ccccc3)cc2)O[C@@H]1c1ccc(CO)cc1. The Kier molecular flexibility index (Phi) is 10.2. The number of benzene rings is 4. The summed E-state index contributed by atoms with van der Waals surface area (Å²) in [5, 5.41) is 15.3. The minimum atomic E-state index is -0.579. The minimum absolute atomic E-state index is 0.00253. The van der Waals surface area contributed by atoms with Crippen LogP contribution in [0.4, 0.5) is 10.5 Å². The fraction of sp³-hybridized carbons (Fsp3) is 0.306. The molecule has 5 rings (SSSR count). The number of nitrogens with one attached hydrogen (secondary N) is 2. The summed E-state index contributed by atoms with van der Waals surface area (Å²) in [5.74, 6) is 0.0795. The third-order valence-corrected chi connectivity index (χ3v) is 8.27. The van der Waals surface area contributed by atoms with Gasteiger partial charge in [0.05, 0.1) is 18.8 Å². The monoisotopic (exact) mass is 579 g/mol. The fourth-order valence-electron chi connectivity index (χ4n) is 5.43. The van der Waals surface area contributed by atoms with Gasteiger partial charge < -0.3 is 25.2 Å². The zero-order valence-corrected chi connectivity index (χ0v) is 25.0. The Balaban J connectivity index is 1.30. The van der Waals surface area contributed by atoms with Crippen LogP contribution in [0.25, 0.3) is 0 Å². The Labute approximate surface area is 254 Å². The molecule has 1 heterocycles. The standard InChI is InChI=1S/C36H41N3O4/c1-25-33(23-39(3)26(2)29-12-8-5-9-13-29)42-35(43-34(25)30-16-14-28(24-40)15-17-30)31-18-20-32(21-19-31)38-36(41)37-22-27-10-6-4-7-11-27/h4-21,25-26,33-35,40H,22-24H2,1-3H3,(H2,37,38,41)/t25-,26+,33+,34+,35+/m1/s1. The van der Waals surface area contributed by atoms with E-state index >= 15 is 0 Å². The average Bonchev–Trinajstić information content (AvgIpc) is 3.05. The fourth-order valence-corrected chi connectivity index (χ4v) is 5.43. The zero-order valence-electron chi connectivity index (χ0n) is 25.0. The summed E-state index contributed by atoms with van der Waals surface area (Å²) in [5.41, 5.74) is 5.77. The summed E-state index contributed by atoms with van der Waals surface area (Å²) >= 11 is 0.